The highest BCUT2D eigenvalue weighted by atomic mass is 19.4. The van der Waals surface area contributed by atoms with Crippen molar-refractivity contribution in [3.05, 3.63) is 59.3 Å². The minimum absolute atomic E-state index is 0.0208. The molecular weight excluding hydrogens is 397 g/mol. The van der Waals surface area contributed by atoms with E-state index < -0.39 is 11.7 Å². The fourth-order valence-corrected chi connectivity index (χ4v) is 3.18. The number of ether oxygens (including phenoxy) is 2. The first-order valence-electron chi connectivity index (χ1n) is 9.45. The van der Waals surface area contributed by atoms with Gasteiger partial charge in [-0.25, -0.2) is 0 Å². The summed E-state index contributed by atoms with van der Waals surface area (Å²) in [4.78, 5) is 15.5. The molecule has 8 heteroatoms. The molecule has 0 saturated heterocycles. The molecule has 2 aromatic carbocycles. The average Bonchev–Trinajstić information content (AvgIpc) is 3.07. The van der Waals surface area contributed by atoms with Crippen LogP contribution in [0.15, 0.2) is 42.6 Å². The topological polar surface area (TPSA) is 63.4 Å². The number of fused-ring (bicyclic) bond motifs is 1. The summed E-state index contributed by atoms with van der Waals surface area (Å²) in [5.41, 5.74) is 0.738. The van der Waals surface area contributed by atoms with Crippen molar-refractivity contribution in [2.75, 3.05) is 7.11 Å². The summed E-state index contributed by atoms with van der Waals surface area (Å²) in [7, 11) is 1.55. The summed E-state index contributed by atoms with van der Waals surface area (Å²) < 4.78 is 50.9. The number of benzene rings is 2. The van der Waals surface area contributed by atoms with Gasteiger partial charge in [0.25, 0.3) is 0 Å². The van der Waals surface area contributed by atoms with Gasteiger partial charge in [-0.1, -0.05) is 6.07 Å². The smallest absolute Gasteiger partial charge is 0.416 e. The Balaban J connectivity index is 1.73. The van der Waals surface area contributed by atoms with E-state index in [0.717, 1.165) is 22.5 Å². The molecule has 0 aliphatic rings. The van der Waals surface area contributed by atoms with Gasteiger partial charge in [0.2, 0.25) is 5.91 Å². The second-order valence-corrected chi connectivity index (χ2v) is 7.16. The number of H-pyrrole nitrogens is 1. The van der Waals surface area contributed by atoms with Crippen molar-refractivity contribution < 1.29 is 27.4 Å². The molecule has 2 N–H and O–H groups in total. The maximum Gasteiger partial charge on any atom is 0.416 e. The highest BCUT2D eigenvalue weighted by Crippen LogP contribution is 2.34. The zero-order chi connectivity index (χ0) is 21.9. The number of aromatic nitrogens is 1. The molecule has 0 aliphatic carbocycles. The first-order chi connectivity index (χ1) is 14.2. The molecule has 1 aromatic heterocycles. The lowest BCUT2D eigenvalue weighted by molar-refractivity contribution is -0.138. The first-order valence-corrected chi connectivity index (χ1v) is 9.45. The predicted molar refractivity (Wildman–Crippen MR) is 108 cm³/mol. The van der Waals surface area contributed by atoms with Gasteiger partial charge in [0.05, 0.1) is 25.2 Å². The normalized spacial score (nSPS) is 11.7. The lowest BCUT2D eigenvalue weighted by Gasteiger charge is -2.17. The van der Waals surface area contributed by atoms with Crippen LogP contribution < -0.4 is 14.8 Å². The number of halogens is 3. The summed E-state index contributed by atoms with van der Waals surface area (Å²) >= 11 is 0. The third kappa shape index (κ3) is 5.06. The highest BCUT2D eigenvalue weighted by molar-refractivity contribution is 5.89. The molecule has 0 unspecified atom stereocenters. The molecule has 3 aromatic rings. The van der Waals surface area contributed by atoms with Gasteiger partial charge in [0.15, 0.2) is 0 Å². The molecule has 30 heavy (non-hydrogen) atoms. The molecule has 160 valence electrons. The monoisotopic (exact) mass is 420 g/mol. The molecule has 1 amide bonds. The van der Waals surface area contributed by atoms with Crippen molar-refractivity contribution in [2.24, 2.45) is 0 Å². The van der Waals surface area contributed by atoms with Crippen LogP contribution in [0.4, 0.5) is 13.2 Å². The Labute approximate surface area is 172 Å². The molecule has 0 atom stereocenters. The lowest BCUT2D eigenvalue weighted by Crippen LogP contribution is -2.26. The lowest BCUT2D eigenvalue weighted by atomic mass is 10.1. The minimum Gasteiger partial charge on any atom is -0.497 e. The van der Waals surface area contributed by atoms with Crippen molar-refractivity contribution >= 4 is 16.8 Å². The first kappa shape index (κ1) is 21.5. The Hall–Kier alpha value is -3.16. The van der Waals surface area contributed by atoms with Gasteiger partial charge < -0.3 is 19.8 Å². The van der Waals surface area contributed by atoms with Crippen LogP contribution in [0.1, 0.15) is 30.5 Å². The van der Waals surface area contributed by atoms with Crippen molar-refractivity contribution in [1.29, 1.82) is 0 Å². The van der Waals surface area contributed by atoms with Crippen LogP contribution >= 0.6 is 0 Å². The summed E-state index contributed by atoms with van der Waals surface area (Å²) in [5.74, 6) is 0.414. The highest BCUT2D eigenvalue weighted by Gasteiger charge is 2.34. The zero-order valence-electron chi connectivity index (χ0n) is 16.9. The Morgan fingerprint density at radius 2 is 1.83 bits per heavy atom. The number of rotatable bonds is 7. The zero-order valence-corrected chi connectivity index (χ0v) is 16.9. The van der Waals surface area contributed by atoms with Crippen LogP contribution in [0.3, 0.4) is 0 Å². The van der Waals surface area contributed by atoms with Crippen molar-refractivity contribution in [2.45, 2.75) is 39.1 Å². The summed E-state index contributed by atoms with van der Waals surface area (Å²) in [5, 5.41) is 3.41. The molecule has 0 saturated carbocycles. The third-order valence-electron chi connectivity index (χ3n) is 4.56. The standard InChI is InChI=1S/C22H23F3N2O3/c1-13(2)30-17-5-4-14(19(10-17)22(23,24)25)11-27-21(28)8-15-12-26-20-7-6-16(29-3)9-18(15)20/h4-7,9-10,12-13,26H,8,11H2,1-3H3,(H,27,28). The second kappa shape index (κ2) is 8.69. The Morgan fingerprint density at radius 1 is 1.10 bits per heavy atom. The van der Waals surface area contributed by atoms with Crippen molar-refractivity contribution in [3.63, 3.8) is 0 Å². The Bertz CT molecular complexity index is 1040. The number of carbonyl (C=O) groups is 1. The molecule has 0 radical (unpaired) electrons. The van der Waals surface area contributed by atoms with E-state index in [0.29, 0.717) is 5.75 Å². The van der Waals surface area contributed by atoms with E-state index in [1.165, 1.54) is 12.1 Å². The largest absolute Gasteiger partial charge is 0.497 e. The van der Waals surface area contributed by atoms with Gasteiger partial charge >= 0.3 is 6.18 Å². The average molecular weight is 420 g/mol. The van der Waals surface area contributed by atoms with E-state index in [-0.39, 0.29) is 36.3 Å². The Kier molecular flexibility index (Phi) is 6.24. The number of carbonyl (C=O) groups excluding carboxylic acids is 1. The summed E-state index contributed by atoms with van der Waals surface area (Å²) in [6, 6.07) is 9.22. The fourth-order valence-electron chi connectivity index (χ4n) is 3.18. The van der Waals surface area contributed by atoms with Gasteiger partial charge in [-0.2, -0.15) is 13.2 Å². The van der Waals surface area contributed by atoms with Gasteiger partial charge in [0, 0.05) is 23.6 Å². The van der Waals surface area contributed by atoms with Crippen molar-refractivity contribution in [1.82, 2.24) is 10.3 Å². The van der Waals surface area contributed by atoms with E-state index >= 15 is 0 Å². The molecule has 0 fully saturated rings. The second-order valence-electron chi connectivity index (χ2n) is 7.16. The van der Waals surface area contributed by atoms with Gasteiger partial charge in [-0.3, -0.25) is 4.79 Å². The quantitative estimate of drug-likeness (QED) is 0.575. The van der Waals surface area contributed by atoms with Crippen molar-refractivity contribution in [3.8, 4) is 11.5 Å². The van der Waals surface area contributed by atoms with E-state index in [1.807, 2.05) is 12.1 Å². The molecule has 1 heterocycles. The fraction of sp³-hybridized carbons (Fsp3) is 0.318. The number of hydrogen-bond donors (Lipinski definition) is 2. The molecule has 5 nitrogen and oxygen atoms in total. The van der Waals surface area contributed by atoms with E-state index in [2.05, 4.69) is 10.3 Å². The summed E-state index contributed by atoms with van der Waals surface area (Å²) in [6.45, 7) is 3.24. The molecule has 0 spiro atoms. The van der Waals surface area contributed by atoms with Crippen LogP contribution in [0, 0.1) is 0 Å². The minimum atomic E-state index is -4.55. The van der Waals surface area contributed by atoms with Crippen LogP contribution in [0.25, 0.3) is 10.9 Å². The number of methoxy groups -OCH3 is 1. The van der Waals surface area contributed by atoms with Crippen LogP contribution in [0.5, 0.6) is 11.5 Å². The van der Waals surface area contributed by atoms with Crippen LogP contribution in [0.2, 0.25) is 0 Å². The number of aromatic amines is 1. The SMILES string of the molecule is COc1ccc2[nH]cc(CC(=O)NCc3ccc(OC(C)C)cc3C(F)(F)F)c2c1. The van der Waals surface area contributed by atoms with E-state index in [1.54, 1.807) is 33.2 Å². The van der Waals surface area contributed by atoms with Gasteiger partial charge in [-0.15, -0.1) is 0 Å². The van der Waals surface area contributed by atoms with Crippen LogP contribution in [-0.2, 0) is 23.9 Å². The van der Waals surface area contributed by atoms with Gasteiger partial charge in [-0.05, 0) is 55.3 Å². The molecule has 0 bridgehead atoms. The molecular formula is C22H23F3N2O3. The third-order valence-corrected chi connectivity index (χ3v) is 4.56. The summed E-state index contributed by atoms with van der Waals surface area (Å²) in [6.07, 6.45) is -3.05. The maximum absolute atomic E-state index is 13.5. The number of hydrogen-bond acceptors (Lipinski definition) is 3. The van der Waals surface area contributed by atoms with Crippen LogP contribution in [-0.4, -0.2) is 24.1 Å². The molecule has 3 rings (SSSR count). The maximum atomic E-state index is 13.5. The van der Waals surface area contributed by atoms with E-state index in [9.17, 15) is 18.0 Å². The number of alkyl halides is 3. The van der Waals surface area contributed by atoms with Gasteiger partial charge in [0.1, 0.15) is 11.5 Å². The molecule has 0 aliphatic heterocycles. The Morgan fingerprint density at radius 3 is 2.50 bits per heavy atom. The number of nitrogens with one attached hydrogen (secondary N) is 2. The van der Waals surface area contributed by atoms with E-state index in [4.69, 9.17) is 9.47 Å². The predicted octanol–water partition coefficient (Wildman–Crippen LogP) is 4.84. The number of amides is 1.